The molecule has 1 aliphatic heterocycles. The number of anilines is 1. The number of ether oxygens (including phenoxy) is 1. The van der Waals surface area contributed by atoms with Gasteiger partial charge in [0.25, 0.3) is 0 Å². The van der Waals surface area contributed by atoms with Gasteiger partial charge in [-0.1, -0.05) is 12.2 Å². The van der Waals surface area contributed by atoms with Crippen molar-refractivity contribution in [2.75, 3.05) is 11.5 Å². The molecule has 4 aliphatic rings. The van der Waals surface area contributed by atoms with E-state index in [9.17, 15) is 14.4 Å². The molecule has 128 valence electrons. The van der Waals surface area contributed by atoms with Crippen LogP contribution in [0.25, 0.3) is 0 Å². The number of imide groups is 1. The summed E-state index contributed by atoms with van der Waals surface area (Å²) in [5.74, 6) is -0.512. The molecule has 0 N–H and O–H groups in total. The van der Waals surface area contributed by atoms with Gasteiger partial charge in [-0.05, 0) is 61.3 Å². The number of hydrogen-bond donors (Lipinski definition) is 0. The number of amides is 2. The molecule has 5 heteroatoms. The molecule has 1 spiro atoms. The molecule has 0 unspecified atom stereocenters. The molecule has 1 aromatic carbocycles. The highest BCUT2D eigenvalue weighted by atomic mass is 16.5. The van der Waals surface area contributed by atoms with E-state index < -0.39 is 5.97 Å². The lowest BCUT2D eigenvalue weighted by Gasteiger charge is -2.21. The molecule has 5 nitrogen and oxygen atoms in total. The van der Waals surface area contributed by atoms with Crippen molar-refractivity contribution in [1.29, 1.82) is 0 Å². The maximum absolute atomic E-state index is 13.0. The van der Waals surface area contributed by atoms with Crippen molar-refractivity contribution in [3.8, 4) is 0 Å². The quantitative estimate of drug-likeness (QED) is 0.483. The Balaban J connectivity index is 1.44. The average molecular weight is 337 g/mol. The van der Waals surface area contributed by atoms with Crippen molar-refractivity contribution in [3.63, 3.8) is 0 Å². The number of fused-ring (bicyclic) bond motifs is 3. The highest BCUT2D eigenvalue weighted by molar-refractivity contribution is 6.23. The van der Waals surface area contributed by atoms with Crippen LogP contribution in [0.5, 0.6) is 0 Å². The monoisotopic (exact) mass is 337 g/mol. The second-order valence-corrected chi connectivity index (χ2v) is 7.50. The maximum Gasteiger partial charge on any atom is 0.338 e. The van der Waals surface area contributed by atoms with Crippen LogP contribution in [0.3, 0.4) is 0 Å². The molecule has 2 amide bonds. The number of rotatable bonds is 3. The van der Waals surface area contributed by atoms with Gasteiger partial charge in [0.2, 0.25) is 11.8 Å². The smallest absolute Gasteiger partial charge is 0.338 e. The van der Waals surface area contributed by atoms with E-state index in [0.717, 1.165) is 12.8 Å². The fourth-order valence-corrected chi connectivity index (χ4v) is 5.29. The van der Waals surface area contributed by atoms with E-state index in [1.54, 1.807) is 31.2 Å². The molecule has 1 aromatic rings. The van der Waals surface area contributed by atoms with Crippen LogP contribution in [-0.2, 0) is 14.3 Å². The summed E-state index contributed by atoms with van der Waals surface area (Å²) >= 11 is 0. The third-order valence-corrected chi connectivity index (χ3v) is 6.49. The Morgan fingerprint density at radius 2 is 1.64 bits per heavy atom. The molecule has 3 aliphatic carbocycles. The Labute approximate surface area is 145 Å². The SMILES string of the molecule is CCOC(=O)c1ccc(N2C(=O)[C@@H]3[C@H](C2=O)[C@H]2C=C[C@@H]3C23CC3)cc1. The van der Waals surface area contributed by atoms with E-state index in [2.05, 4.69) is 12.2 Å². The van der Waals surface area contributed by atoms with Crippen LogP contribution in [0.2, 0.25) is 0 Å². The van der Waals surface area contributed by atoms with Crippen molar-refractivity contribution in [2.45, 2.75) is 19.8 Å². The van der Waals surface area contributed by atoms with E-state index in [1.807, 2.05) is 0 Å². The van der Waals surface area contributed by atoms with Crippen molar-refractivity contribution in [1.82, 2.24) is 0 Å². The molecule has 5 rings (SSSR count). The van der Waals surface area contributed by atoms with E-state index >= 15 is 0 Å². The molecular formula is C20H19NO4. The van der Waals surface area contributed by atoms with Gasteiger partial charge in [0, 0.05) is 0 Å². The Hall–Kier alpha value is -2.43. The Bertz CT molecular complexity index is 787. The lowest BCUT2D eigenvalue weighted by atomic mass is 9.85. The van der Waals surface area contributed by atoms with Crippen LogP contribution >= 0.6 is 0 Å². The minimum atomic E-state index is -0.400. The molecule has 0 aromatic heterocycles. The molecule has 2 saturated carbocycles. The summed E-state index contributed by atoms with van der Waals surface area (Å²) in [5, 5.41) is 0. The van der Waals surface area contributed by atoms with Gasteiger partial charge in [-0.3, -0.25) is 14.5 Å². The number of allylic oxidation sites excluding steroid dienone is 2. The summed E-state index contributed by atoms with van der Waals surface area (Å²) < 4.78 is 4.97. The average Bonchev–Trinajstić information content (AvgIpc) is 3.20. The highest BCUT2D eigenvalue weighted by Gasteiger charge is 2.73. The van der Waals surface area contributed by atoms with Gasteiger partial charge in [-0.2, -0.15) is 0 Å². The first kappa shape index (κ1) is 14.9. The maximum atomic E-state index is 13.0. The zero-order chi connectivity index (χ0) is 17.3. The lowest BCUT2D eigenvalue weighted by Crippen LogP contribution is -2.34. The van der Waals surface area contributed by atoms with Gasteiger partial charge in [0.05, 0.1) is 29.7 Å². The van der Waals surface area contributed by atoms with Crippen molar-refractivity contribution >= 4 is 23.5 Å². The molecule has 1 saturated heterocycles. The topological polar surface area (TPSA) is 63.7 Å². The molecule has 3 fully saturated rings. The van der Waals surface area contributed by atoms with Gasteiger partial charge in [-0.25, -0.2) is 4.79 Å². The fraction of sp³-hybridized carbons (Fsp3) is 0.450. The number of carbonyl (C=O) groups is 3. The summed E-state index contributed by atoms with van der Waals surface area (Å²) in [6.45, 7) is 2.06. The van der Waals surface area contributed by atoms with Crippen LogP contribution in [0, 0.1) is 29.1 Å². The Kier molecular flexibility index (Phi) is 2.86. The predicted octanol–water partition coefficient (Wildman–Crippen LogP) is 2.56. The molecule has 2 bridgehead atoms. The van der Waals surface area contributed by atoms with Crippen LogP contribution in [-0.4, -0.2) is 24.4 Å². The summed E-state index contributed by atoms with van der Waals surface area (Å²) in [6.07, 6.45) is 6.60. The minimum Gasteiger partial charge on any atom is -0.462 e. The van der Waals surface area contributed by atoms with Crippen LogP contribution in [0.4, 0.5) is 5.69 Å². The largest absolute Gasteiger partial charge is 0.462 e. The van der Waals surface area contributed by atoms with Crippen molar-refractivity contribution < 1.29 is 19.1 Å². The first-order chi connectivity index (χ1) is 12.1. The predicted molar refractivity (Wildman–Crippen MR) is 89.7 cm³/mol. The number of hydrogen-bond acceptors (Lipinski definition) is 4. The summed E-state index contributed by atoms with van der Waals surface area (Å²) in [4.78, 5) is 39.1. The standard InChI is InChI=1S/C20H19NO4/c1-2-25-19(24)11-3-5-12(6-4-11)21-17(22)15-13-7-8-14(16(15)18(21)23)20(13)9-10-20/h3-8,13-16H,2,9-10H2,1H3/t13-,14+,15-,16+. The minimum absolute atomic E-state index is 0.0815. The molecule has 4 atom stereocenters. The van der Waals surface area contributed by atoms with Gasteiger partial charge < -0.3 is 4.74 Å². The number of carbonyl (C=O) groups excluding carboxylic acids is 3. The zero-order valence-corrected chi connectivity index (χ0v) is 14.0. The molecule has 0 radical (unpaired) electrons. The van der Waals surface area contributed by atoms with Gasteiger partial charge in [0.15, 0.2) is 0 Å². The van der Waals surface area contributed by atoms with Crippen LogP contribution in [0.1, 0.15) is 30.1 Å². The first-order valence-corrected chi connectivity index (χ1v) is 8.92. The summed E-state index contributed by atoms with van der Waals surface area (Å²) in [6, 6.07) is 6.53. The third kappa shape index (κ3) is 1.76. The van der Waals surface area contributed by atoms with Crippen LogP contribution in [0.15, 0.2) is 36.4 Å². The second-order valence-electron chi connectivity index (χ2n) is 7.50. The first-order valence-electron chi connectivity index (χ1n) is 8.92. The Morgan fingerprint density at radius 1 is 1.08 bits per heavy atom. The van der Waals surface area contributed by atoms with E-state index in [4.69, 9.17) is 4.74 Å². The van der Waals surface area contributed by atoms with Gasteiger partial charge in [-0.15, -0.1) is 0 Å². The number of benzene rings is 1. The fourth-order valence-electron chi connectivity index (χ4n) is 5.29. The van der Waals surface area contributed by atoms with E-state index in [1.165, 1.54) is 4.90 Å². The van der Waals surface area contributed by atoms with Gasteiger partial charge >= 0.3 is 5.97 Å². The van der Waals surface area contributed by atoms with E-state index in [0.29, 0.717) is 17.9 Å². The Morgan fingerprint density at radius 3 is 2.12 bits per heavy atom. The van der Waals surface area contributed by atoms with Crippen molar-refractivity contribution in [3.05, 3.63) is 42.0 Å². The van der Waals surface area contributed by atoms with Crippen LogP contribution < -0.4 is 4.90 Å². The summed E-state index contributed by atoms with van der Waals surface area (Å²) in [5.41, 5.74) is 1.17. The summed E-state index contributed by atoms with van der Waals surface area (Å²) in [7, 11) is 0. The number of nitrogens with zero attached hydrogens (tertiary/aromatic N) is 1. The molecular weight excluding hydrogens is 318 g/mol. The third-order valence-electron chi connectivity index (χ3n) is 6.49. The highest BCUT2D eigenvalue weighted by Crippen LogP contribution is 2.73. The molecule has 1 heterocycles. The zero-order valence-electron chi connectivity index (χ0n) is 14.0. The normalized spacial score (nSPS) is 33.2. The number of esters is 1. The lowest BCUT2D eigenvalue weighted by molar-refractivity contribution is -0.123. The van der Waals surface area contributed by atoms with Gasteiger partial charge in [0.1, 0.15) is 0 Å². The molecule has 25 heavy (non-hydrogen) atoms. The van der Waals surface area contributed by atoms with E-state index in [-0.39, 0.29) is 40.9 Å². The van der Waals surface area contributed by atoms with Crippen molar-refractivity contribution in [2.24, 2.45) is 29.1 Å². The second kappa shape index (κ2) is 4.81.